The third kappa shape index (κ3) is 5.30. The Labute approximate surface area is 116 Å². The summed E-state index contributed by atoms with van der Waals surface area (Å²) in [6.07, 6.45) is 1.67. The van der Waals surface area contributed by atoms with Crippen LogP contribution in [0.25, 0.3) is 0 Å². The van der Waals surface area contributed by atoms with E-state index in [1.165, 1.54) is 0 Å². The van der Waals surface area contributed by atoms with E-state index in [2.05, 4.69) is 11.6 Å². The Bertz CT molecular complexity index is 333. The summed E-state index contributed by atoms with van der Waals surface area (Å²) in [5, 5.41) is 0. The molecule has 102 valence electrons. The SMILES string of the molecule is C=CCO[Si](NCc1ccccc1)(OC)OC.Cl. The van der Waals surface area contributed by atoms with Crippen LogP contribution in [0, 0.1) is 0 Å². The molecule has 0 spiro atoms. The van der Waals surface area contributed by atoms with Crippen molar-refractivity contribution in [3.8, 4) is 0 Å². The highest BCUT2D eigenvalue weighted by Gasteiger charge is 2.39. The van der Waals surface area contributed by atoms with Crippen LogP contribution in [-0.2, 0) is 19.8 Å². The molecule has 4 nitrogen and oxygen atoms in total. The van der Waals surface area contributed by atoms with Gasteiger partial charge in [-0.3, -0.25) is 4.98 Å². The van der Waals surface area contributed by atoms with Gasteiger partial charge in [0.25, 0.3) is 0 Å². The summed E-state index contributed by atoms with van der Waals surface area (Å²) in [5.41, 5.74) is 1.15. The zero-order valence-electron chi connectivity index (χ0n) is 10.7. The fourth-order valence-electron chi connectivity index (χ4n) is 1.37. The number of hydrogen-bond acceptors (Lipinski definition) is 4. The first-order chi connectivity index (χ1) is 8.26. The average Bonchev–Trinajstić information content (AvgIpc) is 2.41. The Morgan fingerprint density at radius 1 is 1.22 bits per heavy atom. The summed E-state index contributed by atoms with van der Waals surface area (Å²) in [6, 6.07) is 10.0. The Morgan fingerprint density at radius 3 is 2.33 bits per heavy atom. The normalized spacial score (nSPS) is 10.8. The summed E-state index contributed by atoms with van der Waals surface area (Å²) in [7, 11) is 0.392. The van der Waals surface area contributed by atoms with Gasteiger partial charge < -0.3 is 13.3 Å². The highest BCUT2D eigenvalue weighted by atomic mass is 35.5. The van der Waals surface area contributed by atoms with Gasteiger partial charge in [-0.25, -0.2) is 0 Å². The topological polar surface area (TPSA) is 39.7 Å². The standard InChI is InChI=1S/C12H19NO3Si.ClH/c1-4-10-16-17(14-2,15-3)13-11-12-8-6-5-7-9-12;/h4-9,13H,1,10-11H2,2-3H3;1H. The summed E-state index contributed by atoms with van der Waals surface area (Å²) in [5.74, 6) is 0. The molecule has 1 aromatic rings. The van der Waals surface area contributed by atoms with Crippen LogP contribution in [0.1, 0.15) is 5.56 Å². The number of benzene rings is 1. The molecule has 0 amide bonds. The first kappa shape index (κ1) is 17.3. The summed E-state index contributed by atoms with van der Waals surface area (Å²) < 4.78 is 16.3. The van der Waals surface area contributed by atoms with Crippen LogP contribution >= 0.6 is 12.4 Å². The van der Waals surface area contributed by atoms with Crippen LogP contribution in [0.15, 0.2) is 43.0 Å². The van der Waals surface area contributed by atoms with Crippen molar-refractivity contribution >= 4 is 21.4 Å². The second-order valence-electron chi connectivity index (χ2n) is 3.40. The van der Waals surface area contributed by atoms with Crippen LogP contribution in [0.5, 0.6) is 0 Å². The molecule has 0 aliphatic heterocycles. The van der Waals surface area contributed by atoms with Crippen molar-refractivity contribution in [1.82, 2.24) is 4.98 Å². The lowest BCUT2D eigenvalue weighted by molar-refractivity contribution is 0.0964. The largest absolute Gasteiger partial charge is 0.596 e. The minimum Gasteiger partial charge on any atom is -0.364 e. The van der Waals surface area contributed by atoms with E-state index >= 15 is 0 Å². The second kappa shape index (κ2) is 9.27. The van der Waals surface area contributed by atoms with E-state index in [4.69, 9.17) is 13.3 Å². The minimum atomic E-state index is -2.77. The molecule has 6 heteroatoms. The van der Waals surface area contributed by atoms with Crippen molar-refractivity contribution in [2.45, 2.75) is 6.54 Å². The first-order valence-corrected chi connectivity index (χ1v) is 7.13. The van der Waals surface area contributed by atoms with Gasteiger partial charge in [0.05, 0.1) is 6.61 Å². The van der Waals surface area contributed by atoms with Crippen molar-refractivity contribution in [2.75, 3.05) is 20.8 Å². The van der Waals surface area contributed by atoms with Crippen molar-refractivity contribution < 1.29 is 13.3 Å². The van der Waals surface area contributed by atoms with Gasteiger partial charge in [-0.15, -0.1) is 19.0 Å². The predicted octanol–water partition coefficient (Wildman–Crippen LogP) is 2.13. The molecule has 0 aromatic heterocycles. The molecule has 0 fully saturated rings. The highest BCUT2D eigenvalue weighted by Crippen LogP contribution is 2.06. The average molecular weight is 290 g/mol. The summed E-state index contributed by atoms with van der Waals surface area (Å²) in [6.45, 7) is 4.65. The maximum Gasteiger partial charge on any atom is 0.596 e. The second-order valence-corrected chi connectivity index (χ2v) is 5.97. The lowest BCUT2D eigenvalue weighted by Crippen LogP contribution is -2.57. The minimum absolute atomic E-state index is 0. The van der Waals surface area contributed by atoms with Crippen LogP contribution in [0.3, 0.4) is 0 Å². The molecule has 0 atom stereocenters. The van der Waals surface area contributed by atoms with Crippen LogP contribution in [-0.4, -0.2) is 29.8 Å². The zero-order chi connectivity index (χ0) is 12.6. The number of hydrogen-bond donors (Lipinski definition) is 1. The van der Waals surface area contributed by atoms with E-state index in [1.54, 1.807) is 20.3 Å². The monoisotopic (exact) mass is 289 g/mol. The zero-order valence-corrected chi connectivity index (χ0v) is 12.5. The first-order valence-electron chi connectivity index (χ1n) is 5.40. The molecule has 0 aliphatic rings. The van der Waals surface area contributed by atoms with Gasteiger partial charge in [0.15, 0.2) is 0 Å². The lowest BCUT2D eigenvalue weighted by atomic mass is 10.2. The molecule has 0 heterocycles. The smallest absolute Gasteiger partial charge is 0.364 e. The van der Waals surface area contributed by atoms with Crippen LogP contribution < -0.4 is 4.98 Å². The van der Waals surface area contributed by atoms with E-state index in [-0.39, 0.29) is 12.4 Å². The Hall–Kier alpha value is -0.693. The van der Waals surface area contributed by atoms with E-state index in [1.807, 2.05) is 30.3 Å². The predicted molar refractivity (Wildman–Crippen MR) is 76.5 cm³/mol. The van der Waals surface area contributed by atoms with Crippen molar-refractivity contribution in [2.24, 2.45) is 0 Å². The molecule has 0 unspecified atom stereocenters. The Kier molecular flexibility index (Phi) is 8.91. The third-order valence-corrected chi connectivity index (χ3v) is 4.51. The number of halogens is 1. The molecule has 0 aliphatic carbocycles. The van der Waals surface area contributed by atoms with Crippen molar-refractivity contribution in [3.63, 3.8) is 0 Å². The van der Waals surface area contributed by atoms with E-state index in [0.29, 0.717) is 13.2 Å². The fourth-order valence-corrected chi connectivity index (χ4v) is 2.92. The molecule has 1 N–H and O–H groups in total. The van der Waals surface area contributed by atoms with Crippen molar-refractivity contribution in [1.29, 1.82) is 0 Å². The molecule has 18 heavy (non-hydrogen) atoms. The summed E-state index contributed by atoms with van der Waals surface area (Å²) in [4.78, 5) is 3.21. The number of rotatable bonds is 8. The molecular formula is C12H20ClNO3Si. The van der Waals surface area contributed by atoms with Crippen LogP contribution in [0.2, 0.25) is 0 Å². The maximum atomic E-state index is 5.56. The van der Waals surface area contributed by atoms with Gasteiger partial charge in [-0.2, -0.15) is 0 Å². The summed E-state index contributed by atoms with van der Waals surface area (Å²) >= 11 is 0. The van der Waals surface area contributed by atoms with Gasteiger partial charge in [-0.1, -0.05) is 36.4 Å². The molecule has 0 radical (unpaired) electrons. The molecule has 0 bridgehead atoms. The fraction of sp³-hybridized carbons (Fsp3) is 0.333. The van der Waals surface area contributed by atoms with E-state index in [9.17, 15) is 0 Å². The van der Waals surface area contributed by atoms with Crippen molar-refractivity contribution in [3.05, 3.63) is 48.6 Å². The van der Waals surface area contributed by atoms with Gasteiger partial charge in [0.1, 0.15) is 0 Å². The quantitative estimate of drug-likeness (QED) is 0.588. The third-order valence-electron chi connectivity index (χ3n) is 2.28. The van der Waals surface area contributed by atoms with Crippen LogP contribution in [0.4, 0.5) is 0 Å². The molecule has 0 saturated heterocycles. The lowest BCUT2D eigenvalue weighted by Gasteiger charge is -2.25. The van der Waals surface area contributed by atoms with Gasteiger partial charge in [0, 0.05) is 20.8 Å². The molecule has 1 aromatic carbocycles. The van der Waals surface area contributed by atoms with Gasteiger partial charge in [-0.05, 0) is 5.56 Å². The highest BCUT2D eigenvalue weighted by molar-refractivity contribution is 6.57. The molecule has 0 saturated carbocycles. The Morgan fingerprint density at radius 2 is 1.83 bits per heavy atom. The number of nitrogens with one attached hydrogen (secondary N) is 1. The van der Waals surface area contributed by atoms with E-state index < -0.39 is 8.97 Å². The van der Waals surface area contributed by atoms with E-state index in [0.717, 1.165) is 5.56 Å². The molecule has 1 rings (SSSR count). The van der Waals surface area contributed by atoms with Gasteiger partial charge in [0.2, 0.25) is 0 Å². The van der Waals surface area contributed by atoms with Gasteiger partial charge >= 0.3 is 8.97 Å². The Balaban J connectivity index is 0.00000289. The maximum absolute atomic E-state index is 5.56. The molecular weight excluding hydrogens is 270 g/mol.